The number of oxazole rings is 1. The molecule has 2 saturated heterocycles. The van der Waals surface area contributed by atoms with Crippen LogP contribution in [0.4, 0.5) is 26.7 Å². The summed E-state index contributed by atoms with van der Waals surface area (Å²) in [5, 5.41) is 9.07. The summed E-state index contributed by atoms with van der Waals surface area (Å²) < 4.78 is 81.1. The van der Waals surface area contributed by atoms with Gasteiger partial charge in [0.1, 0.15) is 23.3 Å². The number of carbonyl (C=O) groups excluding carboxylic acids is 2. The summed E-state index contributed by atoms with van der Waals surface area (Å²) in [6, 6.07) is 2.19. The Hall–Kier alpha value is -3.75. The lowest BCUT2D eigenvalue weighted by molar-refractivity contribution is -0.151. The number of hydrogen-bond acceptors (Lipinski definition) is 6. The lowest BCUT2D eigenvalue weighted by Gasteiger charge is -2.39. The second-order valence-corrected chi connectivity index (χ2v) is 11.4. The number of carbonyl (C=O) groups is 2. The van der Waals surface area contributed by atoms with Gasteiger partial charge in [-0.05, 0) is 49.4 Å². The highest BCUT2D eigenvalue weighted by Gasteiger charge is 2.50. The van der Waals surface area contributed by atoms with Crippen LogP contribution in [-0.2, 0) is 11.3 Å². The minimum atomic E-state index is -4.59. The van der Waals surface area contributed by atoms with Gasteiger partial charge in [0.2, 0.25) is 11.8 Å². The highest BCUT2D eigenvalue weighted by atomic mass is 19.4. The molecule has 1 aliphatic carbocycles. The highest BCUT2D eigenvalue weighted by molar-refractivity contribution is 5.92. The molecule has 0 spiro atoms. The first-order valence-corrected chi connectivity index (χ1v) is 14.3. The molecule has 2 aliphatic heterocycles. The standard InChI is InChI=1S/C28H31F5N6O4/c1-2-39-19(7-10-34-39)24(40)37-22(15-5-8-27(29,30)9-6-15)25-35-18-11-16(3-4-20(18)43-25)23(17-13-42-14-17)38-12-21(28(31,32)33)36-26(38)41/h3-4,7,10-11,15,17,21-23H,2,5-6,8-9,12-14H2,1H3,(H,36,41)(H,37,40). The number of rotatable bonds is 8. The molecule has 3 fully saturated rings. The summed E-state index contributed by atoms with van der Waals surface area (Å²) in [6.45, 7) is 2.30. The molecule has 3 atom stereocenters. The van der Waals surface area contributed by atoms with Gasteiger partial charge in [-0.2, -0.15) is 18.3 Å². The maximum Gasteiger partial charge on any atom is 0.410 e. The molecule has 2 aromatic heterocycles. The van der Waals surface area contributed by atoms with Crippen LogP contribution < -0.4 is 10.6 Å². The molecule has 232 valence electrons. The van der Waals surface area contributed by atoms with E-state index in [0.29, 0.717) is 28.9 Å². The predicted molar refractivity (Wildman–Crippen MR) is 141 cm³/mol. The smallest absolute Gasteiger partial charge is 0.410 e. The van der Waals surface area contributed by atoms with Crippen LogP contribution >= 0.6 is 0 Å². The number of nitrogens with one attached hydrogen (secondary N) is 2. The third-order valence-corrected chi connectivity index (χ3v) is 8.58. The summed E-state index contributed by atoms with van der Waals surface area (Å²) >= 11 is 0. The normalized spacial score (nSPS) is 22.8. The molecule has 1 saturated carbocycles. The topological polar surface area (TPSA) is 115 Å². The van der Waals surface area contributed by atoms with E-state index in [4.69, 9.17) is 9.15 Å². The van der Waals surface area contributed by atoms with Gasteiger partial charge in [-0.15, -0.1) is 0 Å². The number of aryl methyl sites for hydroxylation is 1. The summed E-state index contributed by atoms with van der Waals surface area (Å²) in [4.78, 5) is 31.7. The van der Waals surface area contributed by atoms with Gasteiger partial charge in [0.25, 0.3) is 5.91 Å². The summed E-state index contributed by atoms with van der Waals surface area (Å²) in [6.07, 6.45) is -3.47. The Morgan fingerprint density at radius 3 is 2.56 bits per heavy atom. The molecule has 3 amide bonds. The Balaban J connectivity index is 1.31. The monoisotopic (exact) mass is 610 g/mol. The molecule has 0 bridgehead atoms. The van der Waals surface area contributed by atoms with E-state index in [-0.39, 0.29) is 56.6 Å². The zero-order valence-electron chi connectivity index (χ0n) is 23.2. The number of ether oxygens (including phenoxy) is 1. The number of alkyl halides is 5. The quantitative estimate of drug-likeness (QED) is 0.348. The molecular weight excluding hydrogens is 579 g/mol. The van der Waals surface area contributed by atoms with Crippen molar-refractivity contribution in [3.8, 4) is 0 Å². The summed E-state index contributed by atoms with van der Waals surface area (Å²) in [5.41, 5.74) is 1.58. The van der Waals surface area contributed by atoms with Crippen LogP contribution in [0.3, 0.4) is 0 Å². The van der Waals surface area contributed by atoms with E-state index in [1.807, 2.05) is 12.2 Å². The minimum absolute atomic E-state index is 0.137. The van der Waals surface area contributed by atoms with E-state index in [0.717, 1.165) is 0 Å². The molecule has 3 aromatic rings. The van der Waals surface area contributed by atoms with E-state index in [9.17, 15) is 31.5 Å². The Bertz CT molecular complexity index is 1490. The number of benzene rings is 1. The molecule has 2 N–H and O–H groups in total. The van der Waals surface area contributed by atoms with Gasteiger partial charge in [-0.1, -0.05) is 6.07 Å². The fraction of sp³-hybridized carbons (Fsp3) is 0.571. The van der Waals surface area contributed by atoms with Crippen molar-refractivity contribution in [1.82, 2.24) is 30.3 Å². The van der Waals surface area contributed by atoms with Crippen molar-refractivity contribution in [1.29, 1.82) is 0 Å². The van der Waals surface area contributed by atoms with Crippen molar-refractivity contribution in [3.63, 3.8) is 0 Å². The van der Waals surface area contributed by atoms with Gasteiger partial charge >= 0.3 is 12.2 Å². The van der Waals surface area contributed by atoms with Gasteiger partial charge in [0.05, 0.1) is 25.8 Å². The first kappa shape index (κ1) is 29.3. The average molecular weight is 611 g/mol. The first-order chi connectivity index (χ1) is 20.4. The Morgan fingerprint density at radius 2 is 1.93 bits per heavy atom. The number of amides is 3. The molecule has 4 heterocycles. The van der Waals surface area contributed by atoms with Gasteiger partial charge in [-0.3, -0.25) is 9.48 Å². The largest absolute Gasteiger partial charge is 0.438 e. The van der Waals surface area contributed by atoms with Crippen molar-refractivity contribution in [3.05, 3.63) is 47.6 Å². The second-order valence-electron chi connectivity index (χ2n) is 11.4. The molecule has 15 heteroatoms. The molecule has 3 unspecified atom stereocenters. The van der Waals surface area contributed by atoms with E-state index in [1.54, 1.807) is 24.3 Å². The van der Waals surface area contributed by atoms with Gasteiger partial charge in [0.15, 0.2) is 5.58 Å². The lowest BCUT2D eigenvalue weighted by atomic mass is 9.82. The fourth-order valence-electron chi connectivity index (χ4n) is 6.17. The van der Waals surface area contributed by atoms with Gasteiger partial charge in [0, 0.05) is 31.5 Å². The molecule has 43 heavy (non-hydrogen) atoms. The third-order valence-electron chi connectivity index (χ3n) is 8.58. The fourth-order valence-corrected chi connectivity index (χ4v) is 6.17. The third kappa shape index (κ3) is 5.78. The molecule has 0 radical (unpaired) electrons. The van der Waals surface area contributed by atoms with Gasteiger partial charge < -0.3 is 24.7 Å². The number of hydrogen-bond donors (Lipinski definition) is 2. The maximum absolute atomic E-state index is 14.0. The summed E-state index contributed by atoms with van der Waals surface area (Å²) in [7, 11) is 0. The van der Waals surface area contributed by atoms with Crippen LogP contribution in [0.15, 0.2) is 34.9 Å². The van der Waals surface area contributed by atoms with Crippen LogP contribution in [0.5, 0.6) is 0 Å². The van der Waals surface area contributed by atoms with E-state index >= 15 is 0 Å². The van der Waals surface area contributed by atoms with E-state index < -0.39 is 48.7 Å². The van der Waals surface area contributed by atoms with Crippen LogP contribution in [0, 0.1) is 11.8 Å². The number of aromatic nitrogens is 3. The minimum Gasteiger partial charge on any atom is -0.438 e. The van der Waals surface area contributed by atoms with Crippen molar-refractivity contribution in [2.24, 2.45) is 11.8 Å². The number of halogens is 5. The molecule has 3 aliphatic rings. The molecular formula is C28H31F5N6O4. The van der Waals surface area contributed by atoms with E-state index in [1.165, 1.54) is 15.8 Å². The molecule has 1 aromatic carbocycles. The van der Waals surface area contributed by atoms with Crippen LogP contribution in [0.1, 0.15) is 66.6 Å². The van der Waals surface area contributed by atoms with Crippen LogP contribution in [-0.4, -0.2) is 69.5 Å². The van der Waals surface area contributed by atoms with Gasteiger partial charge in [-0.25, -0.2) is 18.6 Å². The van der Waals surface area contributed by atoms with Crippen molar-refractivity contribution < 1.29 is 40.7 Å². The van der Waals surface area contributed by atoms with Crippen molar-refractivity contribution in [2.45, 2.75) is 69.4 Å². The summed E-state index contributed by atoms with van der Waals surface area (Å²) in [5.74, 6) is -3.69. The average Bonchev–Trinajstić information content (AvgIpc) is 3.66. The predicted octanol–water partition coefficient (Wildman–Crippen LogP) is 4.98. The first-order valence-electron chi connectivity index (χ1n) is 14.3. The van der Waals surface area contributed by atoms with Crippen LogP contribution in [0.2, 0.25) is 0 Å². The van der Waals surface area contributed by atoms with Crippen molar-refractivity contribution >= 4 is 23.0 Å². The second kappa shape index (κ2) is 11.1. The maximum atomic E-state index is 14.0. The number of nitrogens with zero attached hydrogens (tertiary/aromatic N) is 4. The Kier molecular flexibility index (Phi) is 7.55. The Morgan fingerprint density at radius 1 is 1.19 bits per heavy atom. The molecule has 6 rings (SSSR count). The SMILES string of the molecule is CCn1nccc1C(=O)NC(c1nc2cc(C(C3COC3)N3CC(C(F)(F)F)NC3=O)ccc2o1)C1CCC(F)(F)CC1. The zero-order valence-corrected chi connectivity index (χ0v) is 23.2. The lowest BCUT2D eigenvalue weighted by Crippen LogP contribution is -2.44. The molecule has 10 nitrogen and oxygen atoms in total. The van der Waals surface area contributed by atoms with Crippen LogP contribution in [0.25, 0.3) is 11.1 Å². The zero-order chi connectivity index (χ0) is 30.5. The Labute approximate surface area is 242 Å². The van der Waals surface area contributed by atoms with Crippen molar-refractivity contribution in [2.75, 3.05) is 19.8 Å². The van der Waals surface area contributed by atoms with E-state index in [2.05, 4.69) is 15.4 Å². The highest BCUT2D eigenvalue weighted by Crippen LogP contribution is 2.43. The number of urea groups is 1. The number of fused-ring (bicyclic) bond motifs is 1.